The molecule has 0 bridgehead atoms. The van der Waals surface area contributed by atoms with E-state index in [9.17, 15) is 14.4 Å². The number of rotatable bonds is 7. The summed E-state index contributed by atoms with van der Waals surface area (Å²) in [7, 11) is 0. The van der Waals surface area contributed by atoms with Crippen molar-refractivity contribution in [1.82, 2.24) is 9.80 Å². The molecule has 2 aliphatic heterocycles. The Labute approximate surface area is 173 Å². The monoisotopic (exact) mass is 451 g/mol. The maximum atomic E-state index is 12.6. The van der Waals surface area contributed by atoms with Gasteiger partial charge in [-0.2, -0.15) is 0 Å². The van der Waals surface area contributed by atoms with E-state index in [-0.39, 0.29) is 30.3 Å². The highest BCUT2D eigenvalue weighted by Gasteiger charge is 2.34. The van der Waals surface area contributed by atoms with Gasteiger partial charge < -0.3 is 20.3 Å². The van der Waals surface area contributed by atoms with Gasteiger partial charge in [0.15, 0.2) is 0 Å². The summed E-state index contributed by atoms with van der Waals surface area (Å²) >= 11 is 3.43. The standard InChI is InChI=1S/C20H26BrN3O4/c21-15-3-1-4-16(12-15)28-17-6-9-24(13-14(17)11-18(22)25)20(27)7-10-23-8-2-5-19(23)26/h1,3-4,12,14,17H,2,5-11,13H2,(H2,22,25)/t14-,17-/m0/s1. The SMILES string of the molecule is NC(=O)C[C@H]1CN(C(=O)CCN2CCCC2=O)CC[C@@H]1Oc1cccc(Br)c1. The molecule has 28 heavy (non-hydrogen) atoms. The smallest absolute Gasteiger partial charge is 0.224 e. The summed E-state index contributed by atoms with van der Waals surface area (Å²) in [5.74, 6) is 0.309. The minimum absolute atomic E-state index is 0.00933. The van der Waals surface area contributed by atoms with Crippen LogP contribution in [0.15, 0.2) is 28.7 Å². The van der Waals surface area contributed by atoms with Crippen molar-refractivity contribution < 1.29 is 19.1 Å². The molecule has 0 unspecified atom stereocenters. The number of likely N-dealkylation sites (tertiary alicyclic amines) is 2. The predicted octanol–water partition coefficient (Wildman–Crippen LogP) is 1.93. The predicted molar refractivity (Wildman–Crippen MR) is 107 cm³/mol. The van der Waals surface area contributed by atoms with E-state index in [0.29, 0.717) is 38.9 Å². The Morgan fingerprint density at radius 2 is 2.11 bits per heavy atom. The summed E-state index contributed by atoms with van der Waals surface area (Å²) in [5, 5.41) is 0. The summed E-state index contributed by atoms with van der Waals surface area (Å²) in [6.07, 6.45) is 2.39. The number of hydrogen-bond donors (Lipinski definition) is 1. The van der Waals surface area contributed by atoms with Crippen molar-refractivity contribution in [2.75, 3.05) is 26.2 Å². The molecule has 2 aliphatic rings. The van der Waals surface area contributed by atoms with E-state index in [1.165, 1.54) is 0 Å². The van der Waals surface area contributed by atoms with Crippen LogP contribution in [-0.2, 0) is 14.4 Å². The van der Waals surface area contributed by atoms with Gasteiger partial charge in [-0.05, 0) is 24.6 Å². The number of carbonyl (C=O) groups excluding carboxylic acids is 3. The zero-order valence-electron chi connectivity index (χ0n) is 15.8. The Balaban J connectivity index is 1.58. The number of nitrogens with two attached hydrogens (primary N) is 1. The first-order valence-corrected chi connectivity index (χ1v) is 10.5. The second-order valence-electron chi connectivity index (χ2n) is 7.41. The molecule has 152 valence electrons. The Morgan fingerprint density at radius 1 is 1.29 bits per heavy atom. The molecule has 3 amide bonds. The number of ether oxygens (including phenoxy) is 1. The fourth-order valence-electron chi connectivity index (χ4n) is 3.89. The molecule has 0 aliphatic carbocycles. The second-order valence-corrected chi connectivity index (χ2v) is 8.32. The molecule has 1 aromatic rings. The number of hydrogen-bond acceptors (Lipinski definition) is 4. The van der Waals surface area contributed by atoms with Gasteiger partial charge in [-0.25, -0.2) is 0 Å². The van der Waals surface area contributed by atoms with Gasteiger partial charge in [0.2, 0.25) is 17.7 Å². The number of benzene rings is 1. The van der Waals surface area contributed by atoms with Crippen LogP contribution >= 0.6 is 15.9 Å². The summed E-state index contributed by atoms with van der Waals surface area (Å²) in [6.45, 7) is 2.21. The normalized spacial score (nSPS) is 22.4. The molecule has 0 radical (unpaired) electrons. The third-order valence-electron chi connectivity index (χ3n) is 5.33. The molecule has 0 saturated carbocycles. The summed E-state index contributed by atoms with van der Waals surface area (Å²) in [5.41, 5.74) is 5.43. The highest BCUT2D eigenvalue weighted by atomic mass is 79.9. The van der Waals surface area contributed by atoms with Crippen LogP contribution in [0.3, 0.4) is 0 Å². The van der Waals surface area contributed by atoms with Crippen LogP contribution in [-0.4, -0.2) is 59.8 Å². The molecule has 2 N–H and O–H groups in total. The van der Waals surface area contributed by atoms with Crippen molar-refractivity contribution in [3.05, 3.63) is 28.7 Å². The molecule has 0 aromatic heterocycles. The van der Waals surface area contributed by atoms with Gasteiger partial charge >= 0.3 is 0 Å². The molecule has 3 rings (SSSR count). The van der Waals surface area contributed by atoms with Gasteiger partial charge in [-0.3, -0.25) is 14.4 Å². The van der Waals surface area contributed by atoms with Crippen LogP contribution in [0, 0.1) is 5.92 Å². The van der Waals surface area contributed by atoms with E-state index in [0.717, 1.165) is 23.2 Å². The molecule has 2 heterocycles. The quantitative estimate of drug-likeness (QED) is 0.685. The van der Waals surface area contributed by atoms with Gasteiger partial charge in [-0.15, -0.1) is 0 Å². The van der Waals surface area contributed by atoms with Crippen molar-refractivity contribution in [2.24, 2.45) is 11.7 Å². The topological polar surface area (TPSA) is 92.9 Å². The lowest BCUT2D eigenvalue weighted by Gasteiger charge is -2.38. The van der Waals surface area contributed by atoms with E-state index in [4.69, 9.17) is 10.5 Å². The lowest BCUT2D eigenvalue weighted by Crippen LogP contribution is -2.49. The average molecular weight is 452 g/mol. The van der Waals surface area contributed by atoms with E-state index in [1.54, 1.807) is 9.80 Å². The average Bonchev–Trinajstić information content (AvgIpc) is 3.05. The molecular weight excluding hydrogens is 426 g/mol. The van der Waals surface area contributed by atoms with Crippen LogP contribution < -0.4 is 10.5 Å². The van der Waals surface area contributed by atoms with E-state index in [1.807, 2.05) is 24.3 Å². The van der Waals surface area contributed by atoms with Crippen LogP contribution in [0.5, 0.6) is 5.75 Å². The Hall–Kier alpha value is -2.09. The minimum atomic E-state index is -0.398. The summed E-state index contributed by atoms with van der Waals surface area (Å²) in [4.78, 5) is 39.4. The minimum Gasteiger partial charge on any atom is -0.490 e. The van der Waals surface area contributed by atoms with Crippen LogP contribution in [0.2, 0.25) is 0 Å². The summed E-state index contributed by atoms with van der Waals surface area (Å²) in [6, 6.07) is 7.56. The van der Waals surface area contributed by atoms with Crippen LogP contribution in [0.1, 0.15) is 32.1 Å². The van der Waals surface area contributed by atoms with Crippen molar-refractivity contribution >= 4 is 33.7 Å². The van der Waals surface area contributed by atoms with Crippen LogP contribution in [0.25, 0.3) is 0 Å². The van der Waals surface area contributed by atoms with E-state index >= 15 is 0 Å². The Bertz CT molecular complexity index is 742. The third-order valence-corrected chi connectivity index (χ3v) is 5.82. The molecule has 2 fully saturated rings. The first-order valence-electron chi connectivity index (χ1n) is 9.68. The van der Waals surface area contributed by atoms with E-state index in [2.05, 4.69) is 15.9 Å². The molecule has 2 atom stereocenters. The Morgan fingerprint density at radius 3 is 2.79 bits per heavy atom. The molecule has 0 spiro atoms. The van der Waals surface area contributed by atoms with Crippen LogP contribution in [0.4, 0.5) is 0 Å². The lowest BCUT2D eigenvalue weighted by molar-refractivity contribution is -0.137. The highest BCUT2D eigenvalue weighted by molar-refractivity contribution is 9.10. The first-order chi connectivity index (χ1) is 13.4. The Kier molecular flexibility index (Phi) is 6.93. The van der Waals surface area contributed by atoms with Gasteiger partial charge in [0.1, 0.15) is 11.9 Å². The maximum Gasteiger partial charge on any atom is 0.224 e. The number of piperidine rings is 1. The number of halogens is 1. The molecule has 2 saturated heterocycles. The van der Waals surface area contributed by atoms with Crippen molar-refractivity contribution in [3.8, 4) is 5.75 Å². The fourth-order valence-corrected chi connectivity index (χ4v) is 4.27. The fraction of sp³-hybridized carbons (Fsp3) is 0.550. The number of nitrogens with zero attached hydrogens (tertiary/aromatic N) is 2. The largest absolute Gasteiger partial charge is 0.490 e. The molecule has 1 aromatic carbocycles. The lowest BCUT2D eigenvalue weighted by atomic mass is 9.91. The zero-order valence-corrected chi connectivity index (χ0v) is 17.4. The maximum absolute atomic E-state index is 12.6. The first kappa shape index (κ1) is 20.6. The van der Waals surface area contributed by atoms with Gasteiger partial charge in [0, 0.05) is 62.3 Å². The second kappa shape index (κ2) is 9.41. The summed E-state index contributed by atoms with van der Waals surface area (Å²) < 4.78 is 7.02. The molecule has 7 nitrogen and oxygen atoms in total. The van der Waals surface area contributed by atoms with Crippen molar-refractivity contribution in [3.63, 3.8) is 0 Å². The van der Waals surface area contributed by atoms with Gasteiger partial charge in [0.05, 0.1) is 0 Å². The van der Waals surface area contributed by atoms with Gasteiger partial charge in [0.25, 0.3) is 0 Å². The van der Waals surface area contributed by atoms with Gasteiger partial charge in [-0.1, -0.05) is 22.0 Å². The number of amides is 3. The third kappa shape index (κ3) is 5.47. The highest BCUT2D eigenvalue weighted by Crippen LogP contribution is 2.27. The number of carbonyl (C=O) groups is 3. The van der Waals surface area contributed by atoms with Crippen molar-refractivity contribution in [1.29, 1.82) is 0 Å². The molecular formula is C20H26BrN3O4. The molecule has 8 heteroatoms. The van der Waals surface area contributed by atoms with Crippen molar-refractivity contribution in [2.45, 2.75) is 38.2 Å². The van der Waals surface area contributed by atoms with E-state index < -0.39 is 5.91 Å². The zero-order chi connectivity index (χ0) is 20.1. The number of primary amides is 1.